The van der Waals surface area contributed by atoms with E-state index < -0.39 is 17.7 Å². The number of carbonyl (C=O) groups excluding carboxylic acids is 1. The zero-order valence-electron chi connectivity index (χ0n) is 15.8. The Bertz CT molecular complexity index is 1060. The van der Waals surface area contributed by atoms with Crippen molar-refractivity contribution in [1.82, 2.24) is 4.98 Å². The number of methoxy groups -OCH3 is 1. The predicted molar refractivity (Wildman–Crippen MR) is 105 cm³/mol. The van der Waals surface area contributed by atoms with Crippen LogP contribution in [0.4, 0.5) is 18.3 Å². The summed E-state index contributed by atoms with van der Waals surface area (Å²) in [5, 5.41) is 0.472. The summed E-state index contributed by atoms with van der Waals surface area (Å²) in [7, 11) is 1.50. The van der Waals surface area contributed by atoms with Crippen LogP contribution in [-0.4, -0.2) is 43.9 Å². The molecular formula is C20H17F3N2O4S. The largest absolute Gasteiger partial charge is 0.493 e. The second-order valence-electron chi connectivity index (χ2n) is 6.60. The van der Waals surface area contributed by atoms with Gasteiger partial charge in [0.05, 0.1) is 36.0 Å². The van der Waals surface area contributed by atoms with E-state index in [2.05, 4.69) is 4.98 Å². The van der Waals surface area contributed by atoms with E-state index in [1.165, 1.54) is 24.5 Å². The minimum absolute atomic E-state index is 0.0596. The van der Waals surface area contributed by atoms with Crippen molar-refractivity contribution in [3.8, 4) is 11.5 Å². The van der Waals surface area contributed by atoms with Crippen molar-refractivity contribution in [2.45, 2.75) is 12.3 Å². The fourth-order valence-corrected chi connectivity index (χ4v) is 4.08. The van der Waals surface area contributed by atoms with Gasteiger partial charge in [0.25, 0.3) is 0 Å². The summed E-state index contributed by atoms with van der Waals surface area (Å²) in [5.74, 6) is 0.408. The average molecular weight is 438 g/mol. The maximum atomic E-state index is 13.1. The molecule has 30 heavy (non-hydrogen) atoms. The highest BCUT2D eigenvalue weighted by Crippen LogP contribution is 2.39. The van der Waals surface area contributed by atoms with Gasteiger partial charge in [0.2, 0.25) is 0 Å². The van der Waals surface area contributed by atoms with Gasteiger partial charge in [-0.25, -0.2) is 9.78 Å². The molecule has 0 unspecified atom stereocenters. The number of nitrogens with zero attached hydrogens (tertiary/aromatic N) is 2. The highest BCUT2D eigenvalue weighted by Gasteiger charge is 2.36. The third kappa shape index (κ3) is 4.13. The molecule has 1 saturated heterocycles. The molecule has 0 N–H and O–H groups in total. The molecule has 10 heteroatoms. The zero-order chi connectivity index (χ0) is 21.3. The van der Waals surface area contributed by atoms with E-state index in [0.29, 0.717) is 34.4 Å². The first-order chi connectivity index (χ1) is 14.3. The van der Waals surface area contributed by atoms with Crippen LogP contribution in [0.3, 0.4) is 0 Å². The van der Waals surface area contributed by atoms with Crippen LogP contribution in [0.2, 0.25) is 0 Å². The Morgan fingerprint density at radius 3 is 2.60 bits per heavy atom. The number of alkyl halides is 3. The van der Waals surface area contributed by atoms with Gasteiger partial charge in [0, 0.05) is 0 Å². The van der Waals surface area contributed by atoms with Crippen molar-refractivity contribution < 1.29 is 32.2 Å². The summed E-state index contributed by atoms with van der Waals surface area (Å²) in [5.41, 5.74) is -0.810. The van der Waals surface area contributed by atoms with Crippen LogP contribution in [0.15, 0.2) is 42.5 Å². The third-order valence-electron chi connectivity index (χ3n) is 4.54. The number of hydrogen-bond acceptors (Lipinski definition) is 7. The highest BCUT2D eigenvalue weighted by atomic mass is 32.1. The Kier molecular flexibility index (Phi) is 5.42. The lowest BCUT2D eigenvalue weighted by Gasteiger charge is -2.38. The SMILES string of the molecule is COc1ccccc1OCC(=O)OC1CN(c2nc3c(C(F)(F)F)cccc3s2)C1. The Balaban J connectivity index is 1.32. The molecule has 158 valence electrons. The molecular weight excluding hydrogens is 421 g/mol. The molecule has 0 spiro atoms. The molecule has 4 rings (SSSR count). The Hall–Kier alpha value is -3.01. The van der Waals surface area contributed by atoms with Crippen molar-refractivity contribution in [3.05, 3.63) is 48.0 Å². The molecule has 0 aliphatic carbocycles. The normalized spacial score (nSPS) is 14.5. The molecule has 3 aromatic rings. The number of rotatable bonds is 6. The van der Waals surface area contributed by atoms with Crippen LogP contribution in [0, 0.1) is 0 Å². The van der Waals surface area contributed by atoms with E-state index in [9.17, 15) is 18.0 Å². The number of ether oxygens (including phenoxy) is 3. The first kappa shape index (κ1) is 20.3. The maximum Gasteiger partial charge on any atom is 0.418 e. The second-order valence-corrected chi connectivity index (χ2v) is 7.61. The molecule has 0 radical (unpaired) electrons. The van der Waals surface area contributed by atoms with Gasteiger partial charge in [0.1, 0.15) is 6.10 Å². The zero-order valence-corrected chi connectivity index (χ0v) is 16.6. The predicted octanol–water partition coefficient (Wildman–Crippen LogP) is 4.13. The third-order valence-corrected chi connectivity index (χ3v) is 5.63. The van der Waals surface area contributed by atoms with E-state index in [1.807, 2.05) is 0 Å². The lowest BCUT2D eigenvalue weighted by atomic mass is 10.2. The number of halogens is 3. The van der Waals surface area contributed by atoms with Crippen molar-refractivity contribution in [3.63, 3.8) is 0 Å². The van der Waals surface area contributed by atoms with E-state index in [1.54, 1.807) is 35.2 Å². The van der Waals surface area contributed by atoms with Gasteiger partial charge < -0.3 is 19.1 Å². The van der Waals surface area contributed by atoms with Gasteiger partial charge in [0.15, 0.2) is 23.2 Å². The lowest BCUT2D eigenvalue weighted by molar-refractivity contribution is -0.152. The summed E-state index contributed by atoms with van der Waals surface area (Å²) in [4.78, 5) is 18.0. The number of para-hydroxylation sites is 3. The number of aromatic nitrogens is 1. The summed E-state index contributed by atoms with van der Waals surface area (Å²) in [6.07, 6.45) is -4.83. The molecule has 6 nitrogen and oxygen atoms in total. The van der Waals surface area contributed by atoms with Crippen molar-refractivity contribution in [2.24, 2.45) is 0 Å². The number of esters is 1. The van der Waals surface area contributed by atoms with Crippen LogP contribution in [0.1, 0.15) is 5.56 Å². The standard InChI is InChI=1S/C20H17F3N2O4S/c1-27-14-6-2-3-7-15(14)28-11-17(26)29-12-9-25(10-12)19-24-18-13(20(21,22)23)5-4-8-16(18)30-19/h2-8,12H,9-11H2,1H3. The van der Waals surface area contributed by atoms with Crippen LogP contribution in [0.25, 0.3) is 10.2 Å². The molecule has 0 saturated carbocycles. The summed E-state index contributed by atoms with van der Waals surface area (Å²) < 4.78 is 55.8. The number of fused-ring (bicyclic) bond motifs is 1. The number of thiazole rings is 1. The average Bonchev–Trinajstić information content (AvgIpc) is 3.11. The van der Waals surface area contributed by atoms with Gasteiger partial charge in [-0.05, 0) is 24.3 Å². The van der Waals surface area contributed by atoms with Crippen molar-refractivity contribution in [2.75, 3.05) is 31.7 Å². The minimum atomic E-state index is -4.46. The smallest absolute Gasteiger partial charge is 0.418 e. The molecule has 1 aliphatic heterocycles. The number of benzene rings is 2. The maximum absolute atomic E-state index is 13.1. The molecule has 0 bridgehead atoms. The lowest BCUT2D eigenvalue weighted by Crippen LogP contribution is -2.53. The first-order valence-electron chi connectivity index (χ1n) is 9.02. The molecule has 2 heterocycles. The van der Waals surface area contributed by atoms with Crippen LogP contribution < -0.4 is 14.4 Å². The number of carbonyl (C=O) groups is 1. The van der Waals surface area contributed by atoms with E-state index >= 15 is 0 Å². The fraction of sp³-hybridized carbons (Fsp3) is 0.300. The van der Waals surface area contributed by atoms with Crippen molar-refractivity contribution >= 4 is 32.7 Å². The van der Waals surface area contributed by atoms with Crippen LogP contribution in [0.5, 0.6) is 11.5 Å². The molecule has 0 amide bonds. The fourth-order valence-electron chi connectivity index (χ4n) is 3.06. The van der Waals surface area contributed by atoms with E-state index in [4.69, 9.17) is 14.2 Å². The Morgan fingerprint density at radius 2 is 1.90 bits per heavy atom. The molecule has 0 atom stereocenters. The highest BCUT2D eigenvalue weighted by molar-refractivity contribution is 7.22. The van der Waals surface area contributed by atoms with Gasteiger partial charge >= 0.3 is 12.1 Å². The molecule has 1 aromatic heterocycles. The Morgan fingerprint density at radius 1 is 1.17 bits per heavy atom. The monoisotopic (exact) mass is 438 g/mol. The topological polar surface area (TPSA) is 60.9 Å². The summed E-state index contributed by atoms with van der Waals surface area (Å²) in [6, 6.07) is 10.9. The van der Waals surface area contributed by atoms with Gasteiger partial charge in [-0.3, -0.25) is 0 Å². The molecule has 1 fully saturated rings. The van der Waals surface area contributed by atoms with E-state index in [0.717, 1.165) is 6.07 Å². The van der Waals surface area contributed by atoms with Crippen LogP contribution in [-0.2, 0) is 15.7 Å². The summed E-state index contributed by atoms with van der Waals surface area (Å²) >= 11 is 1.18. The number of anilines is 1. The first-order valence-corrected chi connectivity index (χ1v) is 9.84. The van der Waals surface area contributed by atoms with E-state index in [-0.39, 0.29) is 18.2 Å². The van der Waals surface area contributed by atoms with Gasteiger partial charge in [-0.1, -0.05) is 29.5 Å². The van der Waals surface area contributed by atoms with Crippen LogP contribution >= 0.6 is 11.3 Å². The number of hydrogen-bond donors (Lipinski definition) is 0. The summed E-state index contributed by atoms with van der Waals surface area (Å²) in [6.45, 7) is 0.454. The van der Waals surface area contributed by atoms with Crippen molar-refractivity contribution in [1.29, 1.82) is 0 Å². The molecule has 1 aliphatic rings. The van der Waals surface area contributed by atoms with Gasteiger partial charge in [-0.15, -0.1) is 0 Å². The second kappa shape index (κ2) is 8.02. The van der Waals surface area contributed by atoms with Gasteiger partial charge in [-0.2, -0.15) is 13.2 Å². The Labute approximate surface area is 173 Å². The molecule has 2 aromatic carbocycles. The minimum Gasteiger partial charge on any atom is -0.493 e. The quantitative estimate of drug-likeness (QED) is 0.540.